The van der Waals surface area contributed by atoms with Crippen LogP contribution in [0.4, 0.5) is 0 Å². The van der Waals surface area contributed by atoms with Crippen LogP contribution in [0.2, 0.25) is 0 Å². The van der Waals surface area contributed by atoms with Crippen molar-refractivity contribution in [3.8, 4) is 11.3 Å². The molecule has 0 amide bonds. The topological polar surface area (TPSA) is 54.7 Å². The van der Waals surface area contributed by atoms with Gasteiger partial charge in [0.25, 0.3) is 0 Å². The summed E-state index contributed by atoms with van der Waals surface area (Å²) in [6.07, 6.45) is 1.74. The van der Waals surface area contributed by atoms with Gasteiger partial charge in [-0.15, -0.1) is 0 Å². The maximum atomic E-state index is 5.62. The molecule has 0 spiro atoms. The molecule has 3 nitrogen and oxygen atoms in total. The van der Waals surface area contributed by atoms with Gasteiger partial charge in [-0.25, -0.2) is 0 Å². The lowest BCUT2D eigenvalue weighted by Gasteiger charge is -2.03. The quantitative estimate of drug-likeness (QED) is 0.723. The van der Waals surface area contributed by atoms with E-state index < -0.39 is 0 Å². The molecule has 13 heavy (non-hydrogen) atoms. The van der Waals surface area contributed by atoms with Crippen molar-refractivity contribution in [3.05, 3.63) is 42.1 Å². The highest BCUT2D eigenvalue weighted by Gasteiger charge is 2.02. The van der Waals surface area contributed by atoms with Crippen molar-refractivity contribution in [2.45, 2.75) is 6.54 Å². The van der Waals surface area contributed by atoms with Crippen LogP contribution in [0.3, 0.4) is 0 Å². The van der Waals surface area contributed by atoms with Crippen LogP contribution in [0.1, 0.15) is 5.56 Å². The second-order valence-electron chi connectivity index (χ2n) is 2.83. The number of hydrogen-bond acceptors (Lipinski definition) is 2. The minimum atomic E-state index is 0.551. The molecule has 3 N–H and O–H groups in total. The molecule has 0 atom stereocenters. The number of rotatable bonds is 2. The first-order valence-corrected chi connectivity index (χ1v) is 4.19. The second-order valence-corrected chi connectivity index (χ2v) is 2.83. The Morgan fingerprint density at radius 1 is 1.23 bits per heavy atom. The molecule has 0 radical (unpaired) electrons. The summed E-state index contributed by atoms with van der Waals surface area (Å²) in [5, 5.41) is 6.83. The van der Waals surface area contributed by atoms with Crippen LogP contribution >= 0.6 is 0 Å². The van der Waals surface area contributed by atoms with Crippen LogP contribution in [0, 0.1) is 0 Å². The normalized spacial score (nSPS) is 10.2. The summed E-state index contributed by atoms with van der Waals surface area (Å²) in [6.45, 7) is 0.551. The smallest absolute Gasteiger partial charge is 0.0653 e. The van der Waals surface area contributed by atoms with E-state index in [0.717, 1.165) is 16.8 Å². The van der Waals surface area contributed by atoms with Crippen molar-refractivity contribution >= 4 is 0 Å². The molecule has 3 heteroatoms. The Morgan fingerprint density at radius 2 is 2.08 bits per heavy atom. The lowest BCUT2D eigenvalue weighted by atomic mass is 10.1. The van der Waals surface area contributed by atoms with Gasteiger partial charge in [-0.1, -0.05) is 24.3 Å². The van der Waals surface area contributed by atoms with Crippen molar-refractivity contribution in [2.24, 2.45) is 5.73 Å². The Hall–Kier alpha value is -1.61. The van der Waals surface area contributed by atoms with Gasteiger partial charge in [0.05, 0.1) is 5.69 Å². The second kappa shape index (κ2) is 3.41. The lowest BCUT2D eigenvalue weighted by Crippen LogP contribution is -1.98. The molecule has 0 fully saturated rings. The highest BCUT2D eigenvalue weighted by molar-refractivity contribution is 5.62. The average molecular weight is 173 g/mol. The number of nitrogens with zero attached hydrogens (tertiary/aromatic N) is 1. The van der Waals surface area contributed by atoms with Crippen LogP contribution in [0.25, 0.3) is 11.3 Å². The van der Waals surface area contributed by atoms with Crippen molar-refractivity contribution < 1.29 is 0 Å². The van der Waals surface area contributed by atoms with Gasteiger partial charge in [-0.05, 0) is 11.6 Å². The minimum absolute atomic E-state index is 0.551. The number of benzene rings is 1. The number of nitrogens with two attached hydrogens (primary N) is 1. The largest absolute Gasteiger partial charge is 0.326 e. The van der Waals surface area contributed by atoms with Gasteiger partial charge in [0, 0.05) is 18.3 Å². The first-order chi connectivity index (χ1) is 6.42. The summed E-state index contributed by atoms with van der Waals surface area (Å²) in [7, 11) is 0. The van der Waals surface area contributed by atoms with Gasteiger partial charge >= 0.3 is 0 Å². The number of aromatic amines is 1. The SMILES string of the molecule is NCc1ccccc1-c1ccn[nH]1. The van der Waals surface area contributed by atoms with Crippen LogP contribution < -0.4 is 5.73 Å². The molecular weight excluding hydrogens is 162 g/mol. The Balaban J connectivity index is 2.51. The van der Waals surface area contributed by atoms with Crippen LogP contribution in [-0.2, 0) is 6.54 Å². The summed E-state index contributed by atoms with van der Waals surface area (Å²) in [5.41, 5.74) is 8.90. The van der Waals surface area contributed by atoms with E-state index in [2.05, 4.69) is 10.2 Å². The zero-order chi connectivity index (χ0) is 9.10. The number of hydrogen-bond donors (Lipinski definition) is 2. The fourth-order valence-electron chi connectivity index (χ4n) is 1.37. The highest BCUT2D eigenvalue weighted by atomic mass is 15.1. The van der Waals surface area contributed by atoms with E-state index in [1.807, 2.05) is 30.3 Å². The van der Waals surface area contributed by atoms with E-state index in [4.69, 9.17) is 5.73 Å². The van der Waals surface area contributed by atoms with Gasteiger partial charge in [0.2, 0.25) is 0 Å². The molecule has 66 valence electrons. The van der Waals surface area contributed by atoms with Gasteiger partial charge in [-0.2, -0.15) is 5.10 Å². The molecule has 0 aliphatic rings. The van der Waals surface area contributed by atoms with E-state index in [1.54, 1.807) is 6.20 Å². The maximum Gasteiger partial charge on any atom is 0.0653 e. The lowest BCUT2D eigenvalue weighted by molar-refractivity contribution is 1.06. The Morgan fingerprint density at radius 3 is 2.77 bits per heavy atom. The zero-order valence-corrected chi connectivity index (χ0v) is 7.20. The molecule has 0 aliphatic carbocycles. The monoisotopic (exact) mass is 173 g/mol. The fourth-order valence-corrected chi connectivity index (χ4v) is 1.37. The van der Waals surface area contributed by atoms with Crippen molar-refractivity contribution in [2.75, 3.05) is 0 Å². The third kappa shape index (κ3) is 1.46. The molecule has 0 aliphatic heterocycles. The Labute approximate surface area is 76.6 Å². The van der Waals surface area contributed by atoms with E-state index in [1.165, 1.54) is 0 Å². The summed E-state index contributed by atoms with van der Waals surface area (Å²) >= 11 is 0. The average Bonchev–Trinajstić information content (AvgIpc) is 2.70. The summed E-state index contributed by atoms with van der Waals surface area (Å²) in [6, 6.07) is 9.98. The fraction of sp³-hybridized carbons (Fsp3) is 0.100. The molecule has 2 aromatic rings. The van der Waals surface area contributed by atoms with Crippen LogP contribution in [-0.4, -0.2) is 10.2 Å². The summed E-state index contributed by atoms with van der Waals surface area (Å²) < 4.78 is 0. The van der Waals surface area contributed by atoms with E-state index in [-0.39, 0.29) is 0 Å². The molecule has 0 saturated heterocycles. The first-order valence-electron chi connectivity index (χ1n) is 4.19. The van der Waals surface area contributed by atoms with E-state index in [9.17, 15) is 0 Å². The van der Waals surface area contributed by atoms with Crippen molar-refractivity contribution in [1.82, 2.24) is 10.2 Å². The van der Waals surface area contributed by atoms with Crippen LogP contribution in [0.15, 0.2) is 36.5 Å². The molecule has 2 rings (SSSR count). The standard InChI is InChI=1S/C10H11N3/c11-7-8-3-1-2-4-9(8)10-5-6-12-13-10/h1-6H,7,11H2,(H,12,13). The molecule has 1 aromatic carbocycles. The van der Waals surface area contributed by atoms with E-state index >= 15 is 0 Å². The van der Waals surface area contributed by atoms with E-state index in [0.29, 0.717) is 6.54 Å². The Bertz CT molecular complexity index is 379. The highest BCUT2D eigenvalue weighted by Crippen LogP contribution is 2.20. The van der Waals surface area contributed by atoms with Gasteiger partial charge in [-0.3, -0.25) is 5.10 Å². The Kier molecular flexibility index (Phi) is 2.10. The number of H-pyrrole nitrogens is 1. The molecule has 1 heterocycles. The first kappa shape index (κ1) is 8.01. The van der Waals surface area contributed by atoms with Crippen molar-refractivity contribution in [3.63, 3.8) is 0 Å². The maximum absolute atomic E-state index is 5.62. The molecule has 0 saturated carbocycles. The zero-order valence-electron chi connectivity index (χ0n) is 7.20. The molecule has 1 aromatic heterocycles. The number of aromatic nitrogens is 2. The summed E-state index contributed by atoms with van der Waals surface area (Å²) in [4.78, 5) is 0. The van der Waals surface area contributed by atoms with Gasteiger partial charge in [0.15, 0.2) is 0 Å². The number of nitrogens with one attached hydrogen (secondary N) is 1. The molecular formula is C10H11N3. The van der Waals surface area contributed by atoms with Crippen LogP contribution in [0.5, 0.6) is 0 Å². The van der Waals surface area contributed by atoms with Gasteiger partial charge in [0.1, 0.15) is 0 Å². The third-order valence-electron chi connectivity index (χ3n) is 2.03. The predicted molar refractivity (Wildman–Crippen MR) is 51.9 cm³/mol. The summed E-state index contributed by atoms with van der Waals surface area (Å²) in [5.74, 6) is 0. The third-order valence-corrected chi connectivity index (χ3v) is 2.03. The van der Waals surface area contributed by atoms with Crippen molar-refractivity contribution in [1.29, 1.82) is 0 Å². The molecule has 0 unspecified atom stereocenters. The minimum Gasteiger partial charge on any atom is -0.326 e. The molecule has 0 bridgehead atoms. The predicted octanol–water partition coefficient (Wildman–Crippen LogP) is 1.54. The van der Waals surface area contributed by atoms with Gasteiger partial charge < -0.3 is 5.73 Å².